The number of furan rings is 3. The zero-order valence-corrected chi connectivity index (χ0v) is 81.7. The molecule has 0 saturated heterocycles. The Bertz CT molecular complexity index is 7810. The maximum absolute atomic E-state index is 8.62. The molecule has 12 aromatic carbocycles. The predicted molar refractivity (Wildman–Crippen MR) is 528 cm³/mol. The summed E-state index contributed by atoms with van der Waals surface area (Å²) in [4.78, 5) is 26.4. The van der Waals surface area contributed by atoms with Gasteiger partial charge in [-0.2, -0.15) is 0 Å². The van der Waals surface area contributed by atoms with Gasteiger partial charge in [-0.15, -0.1) is 161 Å². The topological polar surface area (TPSA) is 117 Å². The minimum Gasteiger partial charge on any atom is -0.500 e. The Hall–Kier alpha value is -12.3. The van der Waals surface area contributed by atoms with Crippen LogP contribution in [-0.4, -0.2) is 29.9 Å². The molecule has 3 radical (unpaired) electrons. The van der Waals surface area contributed by atoms with Crippen LogP contribution in [0.4, 0.5) is 0 Å². The number of fused-ring (bicyclic) bond motifs is 15. The Morgan fingerprint density at radius 3 is 1.07 bits per heavy atom. The molecule has 0 spiro atoms. The Morgan fingerprint density at radius 2 is 0.677 bits per heavy atom. The molecule has 0 atom stereocenters. The largest absolute Gasteiger partial charge is 0.500 e. The van der Waals surface area contributed by atoms with Crippen LogP contribution in [0, 0.1) is 101 Å². The molecule has 0 aliphatic carbocycles. The first-order valence-electron chi connectivity index (χ1n) is 48.9. The molecule has 0 aliphatic heterocycles. The average Bonchev–Trinajstić information content (AvgIpc) is 1.58. The van der Waals surface area contributed by atoms with Crippen LogP contribution in [-0.2, 0) is 79.5 Å². The van der Waals surface area contributed by atoms with Gasteiger partial charge >= 0.3 is 0 Å². The Labute approximate surface area is 823 Å². The average molecular weight is 2240 g/mol. The van der Waals surface area contributed by atoms with Gasteiger partial charge in [0.05, 0.1) is 16.7 Å². The van der Waals surface area contributed by atoms with Crippen molar-refractivity contribution >= 4 is 98.1 Å². The first-order valence-corrected chi connectivity index (χ1v) is 42.4. The second-order valence-corrected chi connectivity index (χ2v) is 35.0. The van der Waals surface area contributed by atoms with Crippen molar-refractivity contribution < 1.29 is 91.4 Å². The van der Waals surface area contributed by atoms with Gasteiger partial charge in [-0.25, -0.2) is 0 Å². The molecular formula is C118H104Ir3N6O3-6. The molecule has 21 rings (SSSR count). The molecule has 0 N–H and O–H groups in total. The quantitative estimate of drug-likeness (QED) is 0.130. The number of rotatable bonds is 9. The maximum Gasteiger partial charge on any atom is 0.128 e. The van der Waals surface area contributed by atoms with Gasteiger partial charge in [0.2, 0.25) is 0 Å². The van der Waals surface area contributed by atoms with Crippen molar-refractivity contribution in [3.05, 3.63) is 396 Å². The van der Waals surface area contributed by atoms with Gasteiger partial charge in [0, 0.05) is 148 Å². The van der Waals surface area contributed by atoms with Crippen molar-refractivity contribution in [1.82, 2.24) is 29.9 Å². The number of pyridine rings is 6. The van der Waals surface area contributed by atoms with Crippen molar-refractivity contribution in [2.45, 2.75) is 130 Å². The molecule has 12 heteroatoms. The van der Waals surface area contributed by atoms with Crippen molar-refractivity contribution in [1.29, 1.82) is 0 Å². The van der Waals surface area contributed by atoms with E-state index in [1.807, 2.05) is 145 Å². The van der Waals surface area contributed by atoms with E-state index < -0.39 is 44.1 Å². The van der Waals surface area contributed by atoms with Gasteiger partial charge in [0.1, 0.15) is 16.7 Å². The molecule has 21 aromatic rings. The molecule has 657 valence electrons. The summed E-state index contributed by atoms with van der Waals surface area (Å²) in [6.07, 6.45) is 7.93. The second-order valence-electron chi connectivity index (χ2n) is 35.0. The van der Waals surface area contributed by atoms with Crippen LogP contribution < -0.4 is 0 Å². The second kappa shape index (κ2) is 41.6. The van der Waals surface area contributed by atoms with Crippen LogP contribution in [0.25, 0.3) is 166 Å². The number of aryl methyl sites for hydroxylation is 7. The molecule has 9 nitrogen and oxygen atoms in total. The van der Waals surface area contributed by atoms with E-state index in [0.29, 0.717) is 33.8 Å². The first kappa shape index (κ1) is 78.7. The van der Waals surface area contributed by atoms with Gasteiger partial charge in [0.15, 0.2) is 0 Å². The van der Waals surface area contributed by atoms with E-state index in [2.05, 4.69) is 225 Å². The summed E-state index contributed by atoms with van der Waals surface area (Å²) in [5, 5.41) is 13.1. The summed E-state index contributed by atoms with van der Waals surface area (Å²) in [5.41, 5.74) is 21.7. The smallest absolute Gasteiger partial charge is 0.128 e. The predicted octanol–water partition coefficient (Wildman–Crippen LogP) is 31.4. The summed E-state index contributed by atoms with van der Waals surface area (Å²) in [6, 6.07) is 104. The number of hydrogen-bond acceptors (Lipinski definition) is 9. The summed E-state index contributed by atoms with van der Waals surface area (Å²) < 4.78 is 119. The van der Waals surface area contributed by atoms with Crippen LogP contribution in [0.3, 0.4) is 0 Å². The van der Waals surface area contributed by atoms with E-state index in [1.54, 1.807) is 54.9 Å². The molecule has 130 heavy (non-hydrogen) atoms. The number of benzene rings is 12. The zero-order valence-electron chi connectivity index (χ0n) is 87.5. The Kier molecular flexibility index (Phi) is 25.2. The fourth-order valence-corrected chi connectivity index (χ4v) is 15.3. The summed E-state index contributed by atoms with van der Waals surface area (Å²) in [5.74, 6) is 0. The molecule has 0 fully saturated rings. The monoisotopic (exact) mass is 2240 g/mol. The van der Waals surface area contributed by atoms with Gasteiger partial charge in [-0.3, -0.25) is 0 Å². The minimum absolute atomic E-state index is 0. The van der Waals surface area contributed by atoms with Gasteiger partial charge in [0.25, 0.3) is 0 Å². The standard InChI is InChI=1S/C27H24NO.2C26H22NO.C14H14N.C13H12N.C12H10N.3Ir/c1-17-16-28-24(14-19(17)15-27(2,3)4)23-11-7-10-21-22-13-12-18-8-5-6-9-20(18)25(22)29-26(21)23;2*1-26(2,3)16-17-13-14-27-23(15-17)22-10-6-9-20-21-12-11-18-7-4-5-8-19(18)24(21)28-25(20)22;1-10-4-6-13(7-5-10)14-8-11(2)12(3)9-15-14;1-10-3-6-12(7-4-10)13-8-5-11(2)9-14-13;1-10-7-8-12(13-9-10)11-5-3-2-4-6-11;;;/h5-10,12-14,16H,15H2,1-4H3;2*4-9,11-15H,16H2,1-3H3;4-6,8-9H,1-3H3;3-6,8-9H,1-2H3;2-5,7-9H,1H3;;;/q6*-1;;;/i;2*16D2;;1D3,2D3;1D3;;;. The van der Waals surface area contributed by atoms with E-state index in [9.17, 15) is 0 Å². The number of nitrogens with zero attached hydrogens (tertiary/aromatic N) is 6. The maximum atomic E-state index is 8.62. The molecule has 0 amide bonds. The van der Waals surface area contributed by atoms with Crippen molar-refractivity contribution in [2.24, 2.45) is 16.2 Å². The van der Waals surface area contributed by atoms with E-state index >= 15 is 0 Å². The fraction of sp³-hybridized carbons (Fsp3) is 0.186. The van der Waals surface area contributed by atoms with Crippen LogP contribution in [0.5, 0.6) is 0 Å². The van der Waals surface area contributed by atoms with Crippen molar-refractivity contribution in [3.8, 4) is 67.5 Å². The molecule has 9 aromatic heterocycles. The van der Waals surface area contributed by atoms with Gasteiger partial charge in [-0.05, 0) is 155 Å². The van der Waals surface area contributed by atoms with Crippen LogP contribution in [0.15, 0.2) is 317 Å². The summed E-state index contributed by atoms with van der Waals surface area (Å²) >= 11 is 0. The SMILES string of the molecule is Cc1c[c-]c(-c2cc(C)c(C)cn2)cc1.Cc1cnc(-c2[c-]ccc3c2oc2c4ccccc4ccc32)cc1CC(C)(C)C.[2H]C([2H])([2H])c1c[c-]c(-c2ccc(C([2H])([2H])[2H])cn2)cc1.[2H]C([2H])([2H])c1ccc(-c2[c-]cccc2)nc1.[2H]C([2H])(c1ccnc(-c2[c-]ccc3c2oc2c4ccccc4ccc32)c1)C(C)(C)C.[2H]C([2H])(c1ccnc(-c2[c-]ccc3c2oc2c4ccccc4ccc32)c1)C(C)(C)C.[Ir].[Ir].[Ir]. The molecular weight excluding hydrogens is 2130 g/mol. The minimum atomic E-state index is -2.18. The third-order valence-corrected chi connectivity index (χ3v) is 21.4. The number of aromatic nitrogens is 6. The zero-order chi connectivity index (χ0) is 99.8. The van der Waals surface area contributed by atoms with Crippen LogP contribution >= 0.6 is 0 Å². The summed E-state index contributed by atoms with van der Waals surface area (Å²) in [7, 11) is 0. The molecule has 0 unspecified atom stereocenters. The van der Waals surface area contributed by atoms with Crippen molar-refractivity contribution in [3.63, 3.8) is 0 Å². The van der Waals surface area contributed by atoms with Gasteiger partial charge in [-0.1, -0.05) is 289 Å². The molecule has 0 bridgehead atoms. The summed E-state index contributed by atoms with van der Waals surface area (Å²) in [6.45, 7) is 20.2. The Morgan fingerprint density at radius 1 is 0.292 bits per heavy atom. The Balaban J connectivity index is 0.000000146. The first-order chi connectivity index (χ1) is 66.4. The van der Waals surface area contributed by atoms with Crippen LogP contribution in [0.2, 0.25) is 0 Å². The molecule has 0 aliphatic rings. The van der Waals surface area contributed by atoms with Crippen LogP contribution in [0.1, 0.15) is 136 Å². The number of hydrogen-bond donors (Lipinski definition) is 0. The van der Waals surface area contributed by atoms with Gasteiger partial charge < -0.3 is 43.2 Å². The third kappa shape index (κ3) is 22.7. The van der Waals surface area contributed by atoms with E-state index in [1.165, 1.54) is 63.8 Å². The van der Waals surface area contributed by atoms with Crippen molar-refractivity contribution in [2.75, 3.05) is 0 Å². The van der Waals surface area contributed by atoms with E-state index in [4.69, 9.17) is 36.1 Å². The molecule has 9 heterocycles. The van der Waals surface area contributed by atoms with E-state index in [-0.39, 0.29) is 82.4 Å². The van der Waals surface area contributed by atoms with E-state index in [0.717, 1.165) is 144 Å². The normalized spacial score (nSPS) is 13.3. The molecule has 0 saturated carbocycles. The third-order valence-electron chi connectivity index (χ3n) is 21.4. The fourth-order valence-electron chi connectivity index (χ4n) is 15.3.